The fraction of sp³-hybridized carbons (Fsp3) is 0.429. The number of hydrogen-bond acceptors (Lipinski definition) is 4. The second kappa shape index (κ2) is 7.52. The molecule has 0 aromatic heterocycles. The molecule has 0 heterocycles. The molecule has 0 aliphatic rings. The lowest BCUT2D eigenvalue weighted by Gasteiger charge is -2.18. The van der Waals surface area contributed by atoms with E-state index >= 15 is 0 Å². The molecule has 3 N–H and O–H groups in total. The lowest BCUT2D eigenvalue weighted by atomic mass is 10.2. The van der Waals surface area contributed by atoms with Crippen LogP contribution in [-0.4, -0.2) is 46.5 Å². The van der Waals surface area contributed by atoms with Crippen LogP contribution in [0.3, 0.4) is 0 Å². The zero-order valence-electron chi connectivity index (χ0n) is 12.4. The van der Waals surface area contributed by atoms with Gasteiger partial charge in [-0.25, -0.2) is 17.5 Å². The zero-order valence-corrected chi connectivity index (χ0v) is 13.2. The molecule has 1 unspecified atom stereocenters. The van der Waals surface area contributed by atoms with E-state index in [-0.39, 0.29) is 17.5 Å². The molecule has 0 aliphatic heterocycles. The SMILES string of the molecule is CC(CN(C)C)NS(=O)(=O)c1ccc(C#CCN)cc1F. The summed E-state index contributed by atoms with van der Waals surface area (Å²) in [5.74, 6) is 4.41. The van der Waals surface area contributed by atoms with E-state index in [1.54, 1.807) is 6.92 Å². The minimum Gasteiger partial charge on any atom is -0.320 e. The van der Waals surface area contributed by atoms with Crippen molar-refractivity contribution in [1.29, 1.82) is 0 Å². The molecule has 7 heteroatoms. The molecule has 0 radical (unpaired) electrons. The molecule has 1 aromatic rings. The summed E-state index contributed by atoms with van der Waals surface area (Å²) in [7, 11) is -0.238. The Balaban J connectivity index is 2.98. The highest BCUT2D eigenvalue weighted by atomic mass is 32.2. The minimum absolute atomic E-state index is 0.158. The van der Waals surface area contributed by atoms with Gasteiger partial charge in [0.05, 0.1) is 6.54 Å². The van der Waals surface area contributed by atoms with Crippen LogP contribution in [0, 0.1) is 17.7 Å². The van der Waals surface area contributed by atoms with E-state index in [1.807, 2.05) is 19.0 Å². The van der Waals surface area contributed by atoms with E-state index in [4.69, 9.17) is 5.73 Å². The quantitative estimate of drug-likeness (QED) is 0.770. The van der Waals surface area contributed by atoms with Gasteiger partial charge in [0.25, 0.3) is 0 Å². The Hall–Kier alpha value is -1.46. The molecule has 21 heavy (non-hydrogen) atoms. The van der Waals surface area contributed by atoms with Crippen LogP contribution in [0.1, 0.15) is 12.5 Å². The standard InChI is InChI=1S/C14H20FN3O2S/c1-11(10-18(2)3)17-21(19,20)14-7-6-12(5-4-8-16)9-13(14)15/h6-7,9,11,17H,8,10,16H2,1-3H3. The molecule has 5 nitrogen and oxygen atoms in total. The maximum Gasteiger partial charge on any atom is 0.243 e. The minimum atomic E-state index is -3.90. The lowest BCUT2D eigenvalue weighted by molar-refractivity contribution is 0.370. The molecule has 0 fully saturated rings. The summed E-state index contributed by atoms with van der Waals surface area (Å²) >= 11 is 0. The van der Waals surface area contributed by atoms with Gasteiger partial charge in [-0.1, -0.05) is 11.8 Å². The maximum absolute atomic E-state index is 14.0. The Morgan fingerprint density at radius 3 is 2.62 bits per heavy atom. The molecule has 1 rings (SSSR count). The van der Waals surface area contributed by atoms with Crippen LogP contribution in [0.5, 0.6) is 0 Å². The molecule has 1 aromatic carbocycles. The largest absolute Gasteiger partial charge is 0.320 e. The number of nitrogens with two attached hydrogens (primary N) is 1. The average molecular weight is 313 g/mol. The molecule has 0 bridgehead atoms. The highest BCUT2D eigenvalue weighted by Gasteiger charge is 2.21. The first kappa shape index (κ1) is 17.6. The topological polar surface area (TPSA) is 75.4 Å². The number of hydrogen-bond donors (Lipinski definition) is 2. The van der Waals surface area contributed by atoms with Gasteiger partial charge in [0, 0.05) is 18.2 Å². The first-order chi connectivity index (χ1) is 9.76. The summed E-state index contributed by atoms with van der Waals surface area (Å²) < 4.78 is 40.7. The Bertz CT molecular complexity index is 648. The summed E-state index contributed by atoms with van der Waals surface area (Å²) in [5, 5.41) is 0. The lowest BCUT2D eigenvalue weighted by Crippen LogP contribution is -2.39. The van der Waals surface area contributed by atoms with Gasteiger partial charge in [-0.2, -0.15) is 0 Å². The average Bonchev–Trinajstić information content (AvgIpc) is 2.34. The van der Waals surface area contributed by atoms with Crippen molar-refractivity contribution in [2.24, 2.45) is 5.73 Å². The number of nitrogens with one attached hydrogen (secondary N) is 1. The second-order valence-electron chi connectivity index (χ2n) is 4.94. The number of halogens is 1. The predicted octanol–water partition coefficient (Wildman–Crippen LogP) is 0.364. The molecule has 0 aliphatic carbocycles. The molecule has 116 valence electrons. The summed E-state index contributed by atoms with van der Waals surface area (Å²) in [4.78, 5) is 1.46. The van der Waals surface area contributed by atoms with Gasteiger partial charge >= 0.3 is 0 Å². The summed E-state index contributed by atoms with van der Waals surface area (Å²) in [6.45, 7) is 2.39. The summed E-state index contributed by atoms with van der Waals surface area (Å²) in [6.07, 6.45) is 0. The van der Waals surface area contributed by atoms with Crippen LogP contribution in [0.25, 0.3) is 0 Å². The maximum atomic E-state index is 14.0. The van der Waals surface area contributed by atoms with Gasteiger partial charge in [-0.15, -0.1) is 0 Å². The van der Waals surface area contributed by atoms with Crippen molar-refractivity contribution in [2.45, 2.75) is 17.9 Å². The van der Waals surface area contributed by atoms with Crippen molar-refractivity contribution in [3.05, 3.63) is 29.6 Å². The van der Waals surface area contributed by atoms with Gasteiger partial charge in [0.15, 0.2) is 0 Å². The first-order valence-electron chi connectivity index (χ1n) is 6.42. The van der Waals surface area contributed by atoms with Gasteiger partial charge in [-0.3, -0.25) is 0 Å². The molecule has 1 atom stereocenters. The highest BCUT2D eigenvalue weighted by Crippen LogP contribution is 2.16. The van der Waals surface area contributed by atoms with Crippen molar-refractivity contribution >= 4 is 10.0 Å². The van der Waals surface area contributed by atoms with Crippen molar-refractivity contribution < 1.29 is 12.8 Å². The predicted molar refractivity (Wildman–Crippen MR) is 80.7 cm³/mol. The number of nitrogens with zero attached hydrogens (tertiary/aromatic N) is 1. The van der Waals surface area contributed by atoms with Crippen LogP contribution >= 0.6 is 0 Å². The molecule has 0 saturated carbocycles. The molecule has 0 saturated heterocycles. The van der Waals surface area contributed by atoms with Crippen molar-refractivity contribution in [3.63, 3.8) is 0 Å². The summed E-state index contributed by atoms with van der Waals surface area (Å²) in [6, 6.07) is 3.42. The first-order valence-corrected chi connectivity index (χ1v) is 7.90. The zero-order chi connectivity index (χ0) is 16.0. The van der Waals surface area contributed by atoms with E-state index in [1.165, 1.54) is 12.1 Å². The van der Waals surface area contributed by atoms with Crippen LogP contribution in [0.15, 0.2) is 23.1 Å². The molecule has 0 amide bonds. The second-order valence-corrected chi connectivity index (χ2v) is 6.62. The van der Waals surface area contributed by atoms with Crippen molar-refractivity contribution in [2.75, 3.05) is 27.2 Å². The molecular weight excluding hydrogens is 293 g/mol. The third-order valence-corrected chi connectivity index (χ3v) is 4.17. The van der Waals surface area contributed by atoms with Gasteiger partial charge < -0.3 is 10.6 Å². The van der Waals surface area contributed by atoms with Crippen molar-refractivity contribution in [3.8, 4) is 11.8 Å². The van der Waals surface area contributed by atoms with Crippen LogP contribution in [0.4, 0.5) is 4.39 Å². The smallest absolute Gasteiger partial charge is 0.243 e. The fourth-order valence-electron chi connectivity index (χ4n) is 1.86. The Morgan fingerprint density at radius 1 is 1.43 bits per heavy atom. The monoisotopic (exact) mass is 313 g/mol. The number of rotatable bonds is 5. The highest BCUT2D eigenvalue weighted by molar-refractivity contribution is 7.89. The van der Waals surface area contributed by atoms with E-state index in [9.17, 15) is 12.8 Å². The molecular formula is C14H20FN3O2S. The van der Waals surface area contributed by atoms with Gasteiger partial charge in [-0.05, 0) is 39.2 Å². The van der Waals surface area contributed by atoms with E-state index < -0.39 is 15.8 Å². The third kappa shape index (κ3) is 5.44. The van der Waals surface area contributed by atoms with Crippen molar-refractivity contribution in [1.82, 2.24) is 9.62 Å². The Morgan fingerprint density at radius 2 is 2.10 bits per heavy atom. The van der Waals surface area contributed by atoms with Crippen LogP contribution in [0.2, 0.25) is 0 Å². The number of sulfonamides is 1. The number of likely N-dealkylation sites (N-methyl/N-ethyl adjacent to an activating group) is 1. The Labute approximate surface area is 125 Å². The Kier molecular flexibility index (Phi) is 6.30. The van der Waals surface area contributed by atoms with E-state index in [0.717, 1.165) is 6.07 Å². The fourth-order valence-corrected chi connectivity index (χ4v) is 3.16. The molecule has 0 spiro atoms. The van der Waals surface area contributed by atoms with E-state index in [0.29, 0.717) is 12.1 Å². The van der Waals surface area contributed by atoms with Crippen LogP contribution in [-0.2, 0) is 10.0 Å². The van der Waals surface area contributed by atoms with E-state index in [2.05, 4.69) is 16.6 Å². The third-order valence-electron chi connectivity index (χ3n) is 2.55. The normalized spacial score (nSPS) is 12.9. The van der Waals surface area contributed by atoms with Gasteiger partial charge in [0.2, 0.25) is 10.0 Å². The summed E-state index contributed by atoms with van der Waals surface area (Å²) in [5.41, 5.74) is 5.62. The van der Waals surface area contributed by atoms with Gasteiger partial charge in [0.1, 0.15) is 10.7 Å². The van der Waals surface area contributed by atoms with Crippen LogP contribution < -0.4 is 10.5 Å². The number of benzene rings is 1.